The lowest BCUT2D eigenvalue weighted by molar-refractivity contribution is -0.142. The fourth-order valence-corrected chi connectivity index (χ4v) is 2.36. The van der Waals surface area contributed by atoms with E-state index in [9.17, 15) is 13.2 Å². The van der Waals surface area contributed by atoms with Crippen LogP contribution in [0.25, 0.3) is 11.4 Å². The monoisotopic (exact) mass is 301 g/mol. The quantitative estimate of drug-likeness (QED) is 0.943. The first kappa shape index (κ1) is 14.1. The minimum Gasteiger partial charge on any atom is -0.381 e. The molecule has 6 nitrogen and oxygen atoms in total. The molecule has 9 heteroatoms. The van der Waals surface area contributed by atoms with E-state index < -0.39 is 12.7 Å². The van der Waals surface area contributed by atoms with Crippen molar-refractivity contribution in [3.05, 3.63) is 18.2 Å². The van der Waals surface area contributed by atoms with Gasteiger partial charge in [-0.25, -0.2) is 9.67 Å². The van der Waals surface area contributed by atoms with E-state index in [2.05, 4.69) is 20.3 Å². The maximum absolute atomic E-state index is 12.7. The van der Waals surface area contributed by atoms with Gasteiger partial charge in [-0.05, 0) is 12.8 Å². The van der Waals surface area contributed by atoms with Crippen molar-refractivity contribution in [2.75, 3.05) is 13.2 Å². The zero-order valence-corrected chi connectivity index (χ0v) is 11.1. The van der Waals surface area contributed by atoms with Gasteiger partial charge in [0, 0.05) is 25.3 Å². The van der Waals surface area contributed by atoms with Gasteiger partial charge in [-0.1, -0.05) is 0 Å². The standard InChI is InChI=1S/C12H14F3N5O/c13-12(14,15)7-20-11(9-5-16-17-6-9)18-10(19-20)8-1-3-21-4-2-8/h5-6,8H,1-4,7H2,(H,16,17). The Morgan fingerprint density at radius 2 is 2.10 bits per heavy atom. The van der Waals surface area contributed by atoms with E-state index in [-0.39, 0.29) is 11.7 Å². The lowest BCUT2D eigenvalue weighted by Gasteiger charge is -2.18. The Hall–Kier alpha value is -1.90. The van der Waals surface area contributed by atoms with Crippen LogP contribution in [0, 0.1) is 0 Å². The van der Waals surface area contributed by atoms with Gasteiger partial charge in [0.25, 0.3) is 0 Å². The van der Waals surface area contributed by atoms with Gasteiger partial charge in [-0.2, -0.15) is 23.4 Å². The fraction of sp³-hybridized carbons (Fsp3) is 0.583. The van der Waals surface area contributed by atoms with Gasteiger partial charge in [0.2, 0.25) is 0 Å². The van der Waals surface area contributed by atoms with Crippen molar-refractivity contribution in [2.24, 2.45) is 0 Å². The lowest BCUT2D eigenvalue weighted by atomic mass is 10.00. The number of nitrogens with zero attached hydrogens (tertiary/aromatic N) is 4. The molecule has 0 aliphatic carbocycles. The highest BCUT2D eigenvalue weighted by molar-refractivity contribution is 5.52. The number of nitrogens with one attached hydrogen (secondary N) is 1. The first-order chi connectivity index (χ1) is 10.0. The summed E-state index contributed by atoms with van der Waals surface area (Å²) in [5.41, 5.74) is 0.491. The zero-order valence-electron chi connectivity index (χ0n) is 11.1. The van der Waals surface area contributed by atoms with Gasteiger partial charge in [0.05, 0.1) is 11.8 Å². The van der Waals surface area contributed by atoms with E-state index in [0.717, 1.165) is 17.5 Å². The molecule has 1 N–H and O–H groups in total. The Balaban J connectivity index is 1.94. The predicted molar refractivity (Wildman–Crippen MR) is 66.5 cm³/mol. The number of rotatable bonds is 3. The second kappa shape index (κ2) is 5.47. The number of alkyl halides is 3. The van der Waals surface area contributed by atoms with Gasteiger partial charge in [-0.3, -0.25) is 5.10 Å². The van der Waals surface area contributed by atoms with E-state index in [4.69, 9.17) is 4.74 Å². The van der Waals surface area contributed by atoms with E-state index >= 15 is 0 Å². The summed E-state index contributed by atoms with van der Waals surface area (Å²) in [7, 11) is 0. The summed E-state index contributed by atoms with van der Waals surface area (Å²) in [4.78, 5) is 4.30. The number of aromatic nitrogens is 5. The molecule has 0 radical (unpaired) electrons. The number of hydrogen-bond acceptors (Lipinski definition) is 4. The van der Waals surface area contributed by atoms with Gasteiger partial charge < -0.3 is 4.74 Å². The molecule has 1 fully saturated rings. The summed E-state index contributed by atoms with van der Waals surface area (Å²) >= 11 is 0. The van der Waals surface area contributed by atoms with Gasteiger partial charge >= 0.3 is 6.18 Å². The van der Waals surface area contributed by atoms with Crippen molar-refractivity contribution in [2.45, 2.75) is 31.5 Å². The summed E-state index contributed by atoms with van der Waals surface area (Å²) in [6, 6.07) is 0. The van der Waals surface area contributed by atoms with Crippen molar-refractivity contribution in [3.8, 4) is 11.4 Å². The first-order valence-corrected chi connectivity index (χ1v) is 6.61. The van der Waals surface area contributed by atoms with Crippen LogP contribution in [0.4, 0.5) is 13.2 Å². The summed E-state index contributed by atoms with van der Waals surface area (Å²) in [6.45, 7) is 0.00275. The van der Waals surface area contributed by atoms with Crippen LogP contribution in [-0.4, -0.2) is 44.4 Å². The van der Waals surface area contributed by atoms with Crippen molar-refractivity contribution in [3.63, 3.8) is 0 Å². The second-order valence-corrected chi connectivity index (χ2v) is 4.94. The Morgan fingerprint density at radius 3 is 2.71 bits per heavy atom. The second-order valence-electron chi connectivity index (χ2n) is 4.94. The fourth-order valence-electron chi connectivity index (χ4n) is 2.36. The van der Waals surface area contributed by atoms with Crippen LogP contribution in [0.15, 0.2) is 12.4 Å². The first-order valence-electron chi connectivity index (χ1n) is 6.61. The Morgan fingerprint density at radius 1 is 1.33 bits per heavy atom. The van der Waals surface area contributed by atoms with Crippen molar-refractivity contribution in [1.82, 2.24) is 25.0 Å². The highest BCUT2D eigenvalue weighted by atomic mass is 19.4. The maximum Gasteiger partial charge on any atom is 0.408 e. The van der Waals surface area contributed by atoms with Crippen molar-refractivity contribution >= 4 is 0 Å². The van der Waals surface area contributed by atoms with Gasteiger partial charge in [0.1, 0.15) is 6.54 Å². The average molecular weight is 301 g/mol. The number of halogens is 3. The third-order valence-electron chi connectivity index (χ3n) is 3.36. The van der Waals surface area contributed by atoms with Crippen LogP contribution in [0.5, 0.6) is 0 Å². The number of ether oxygens (including phenoxy) is 1. The Bertz CT molecular complexity index is 587. The molecule has 2 aromatic rings. The predicted octanol–water partition coefficient (Wildman–Crippen LogP) is 2.12. The van der Waals surface area contributed by atoms with Crippen LogP contribution in [0.1, 0.15) is 24.6 Å². The molecule has 0 saturated carbocycles. The normalized spacial score (nSPS) is 17.3. The van der Waals surface area contributed by atoms with E-state index in [0.29, 0.717) is 24.6 Å². The molecule has 0 aromatic carbocycles. The average Bonchev–Trinajstić information content (AvgIpc) is 3.06. The molecule has 3 heterocycles. The molecule has 1 aliphatic rings. The minimum absolute atomic E-state index is 0.0406. The maximum atomic E-state index is 12.7. The number of H-pyrrole nitrogens is 1. The van der Waals surface area contributed by atoms with Crippen molar-refractivity contribution in [1.29, 1.82) is 0 Å². The SMILES string of the molecule is FC(F)(F)Cn1nc(C2CCOCC2)nc1-c1cn[nH]c1. The Labute approximate surface area is 118 Å². The smallest absolute Gasteiger partial charge is 0.381 e. The van der Waals surface area contributed by atoms with E-state index in [1.165, 1.54) is 12.4 Å². The van der Waals surface area contributed by atoms with Crippen LogP contribution >= 0.6 is 0 Å². The topological polar surface area (TPSA) is 68.6 Å². The zero-order chi connectivity index (χ0) is 14.9. The molecule has 0 amide bonds. The largest absolute Gasteiger partial charge is 0.408 e. The molecule has 114 valence electrons. The molecule has 21 heavy (non-hydrogen) atoms. The van der Waals surface area contributed by atoms with Crippen LogP contribution in [0.3, 0.4) is 0 Å². The Kier molecular flexibility index (Phi) is 3.66. The van der Waals surface area contributed by atoms with Crippen LogP contribution < -0.4 is 0 Å². The van der Waals surface area contributed by atoms with Gasteiger partial charge in [-0.15, -0.1) is 0 Å². The number of hydrogen-bond donors (Lipinski definition) is 1. The molecular weight excluding hydrogens is 287 g/mol. The summed E-state index contributed by atoms with van der Waals surface area (Å²) < 4.78 is 44.2. The summed E-state index contributed by atoms with van der Waals surface area (Å²) in [5, 5.41) is 10.4. The molecule has 0 unspecified atom stereocenters. The van der Waals surface area contributed by atoms with Crippen LogP contribution in [0.2, 0.25) is 0 Å². The number of aromatic amines is 1. The highest BCUT2D eigenvalue weighted by Gasteiger charge is 2.32. The third-order valence-corrected chi connectivity index (χ3v) is 3.36. The molecule has 1 aliphatic heterocycles. The molecule has 0 bridgehead atoms. The molecule has 1 saturated heterocycles. The highest BCUT2D eigenvalue weighted by Crippen LogP contribution is 2.28. The molecule has 2 aromatic heterocycles. The summed E-state index contributed by atoms with van der Waals surface area (Å²) in [5.74, 6) is 0.667. The molecular formula is C12H14F3N5O. The third kappa shape index (κ3) is 3.23. The molecule has 0 spiro atoms. The van der Waals surface area contributed by atoms with Crippen LogP contribution in [-0.2, 0) is 11.3 Å². The minimum atomic E-state index is -4.35. The molecule has 0 atom stereocenters. The van der Waals surface area contributed by atoms with Gasteiger partial charge in [0.15, 0.2) is 11.6 Å². The molecule has 3 rings (SSSR count). The van der Waals surface area contributed by atoms with Crippen molar-refractivity contribution < 1.29 is 17.9 Å². The van der Waals surface area contributed by atoms with E-state index in [1.807, 2.05) is 0 Å². The van der Waals surface area contributed by atoms with E-state index in [1.54, 1.807) is 0 Å². The lowest BCUT2D eigenvalue weighted by Crippen LogP contribution is -2.20. The summed E-state index contributed by atoms with van der Waals surface area (Å²) in [6.07, 6.45) is 0.0378.